The van der Waals surface area contributed by atoms with Crippen molar-refractivity contribution in [2.45, 2.75) is 221 Å². The number of piperidine rings is 1. The molecular formula is C57H85N5S. The lowest BCUT2D eigenvalue weighted by Crippen LogP contribution is -2.73. The Morgan fingerprint density at radius 3 is 2.33 bits per heavy atom. The van der Waals surface area contributed by atoms with Gasteiger partial charge in [0, 0.05) is 64.2 Å². The Bertz CT molecular complexity index is 1840. The molecule has 7 fully saturated rings. The van der Waals surface area contributed by atoms with E-state index in [1.807, 2.05) is 5.57 Å². The molecule has 4 heterocycles. The molecule has 3 saturated carbocycles. The van der Waals surface area contributed by atoms with Gasteiger partial charge in [-0.15, -0.1) is 0 Å². The van der Waals surface area contributed by atoms with Gasteiger partial charge in [0.05, 0.1) is 18.5 Å². The number of allylic oxidation sites excluding steroid dienone is 5. The predicted molar refractivity (Wildman–Crippen MR) is 264 cm³/mol. The van der Waals surface area contributed by atoms with Crippen molar-refractivity contribution < 1.29 is 0 Å². The van der Waals surface area contributed by atoms with Crippen molar-refractivity contribution in [3.05, 3.63) is 72.0 Å². The molecule has 0 bridgehead atoms. The zero-order valence-electron chi connectivity index (χ0n) is 39.6. The van der Waals surface area contributed by atoms with Crippen LogP contribution in [0.3, 0.4) is 0 Å². The van der Waals surface area contributed by atoms with E-state index in [4.69, 9.17) is 0 Å². The maximum Gasteiger partial charge on any atom is 0.0680 e. The first-order chi connectivity index (χ1) is 31.0. The molecule has 12 aliphatic rings. The minimum Gasteiger partial charge on any atom is -0.368 e. The average molecular weight is 872 g/mol. The van der Waals surface area contributed by atoms with Gasteiger partial charge in [0.2, 0.25) is 0 Å². The smallest absolute Gasteiger partial charge is 0.0680 e. The Kier molecular flexibility index (Phi) is 12.1. The van der Waals surface area contributed by atoms with Crippen LogP contribution in [-0.2, 0) is 0 Å². The average Bonchev–Trinajstić information content (AvgIpc) is 3.88. The standard InChI is InChI=1S/C57H85N5S/c1-4-18-37-33-43(56-59-54(36-19-6-5-7-20-36)58-55(60-56)38-31-32-53-42(34-38)41-23-10-17-30-52(41)63-53)51(35-50(37)61-46-26-13-8-21-39(46)40-22-9-14-27-47(40)61)62-48-28-15-11-24-44(48)57(2,3)45-25-12-16-29-49(45)62/h4,6,11,13,18-19,23-24,26,35-40,42-50,52-56,58-60H,5,7-10,12,14-17,20-22,25,27-34H2,1-3H3/b18-4+. The molecule has 5 nitrogen and oxygen atoms in total. The van der Waals surface area contributed by atoms with E-state index < -0.39 is 0 Å². The number of hydrogen-bond acceptors (Lipinski definition) is 6. The highest BCUT2D eigenvalue weighted by Crippen LogP contribution is 2.58. The first-order valence-electron chi connectivity index (χ1n) is 27.5. The molecule has 19 atom stereocenters. The van der Waals surface area contributed by atoms with Gasteiger partial charge in [-0.1, -0.05) is 99.8 Å². The van der Waals surface area contributed by atoms with Gasteiger partial charge in [-0.05, 0) is 169 Å². The molecule has 4 saturated heterocycles. The number of hydrogen-bond donors (Lipinski definition) is 3. The van der Waals surface area contributed by atoms with Gasteiger partial charge in [-0.3, -0.25) is 20.9 Å². The van der Waals surface area contributed by atoms with E-state index in [1.54, 1.807) is 5.70 Å². The number of fused-ring (bicyclic) bond motifs is 8. The van der Waals surface area contributed by atoms with E-state index in [-0.39, 0.29) is 6.17 Å². The SMILES string of the molecule is C/C=C/C1CC(C2NC(C3C=CCCC3)NC(C3CCC4SC5CCCC=C5C4C3)N2)C(N2C3CCC=CC3C(C)(C)C3CCCCC32)=CC1N1C2C=CCCC2C2CCCCC21. The van der Waals surface area contributed by atoms with Crippen LogP contribution in [-0.4, -0.2) is 69.0 Å². The zero-order chi connectivity index (χ0) is 42.2. The van der Waals surface area contributed by atoms with Crippen molar-refractivity contribution in [2.75, 3.05) is 0 Å². The number of nitrogens with one attached hydrogen (secondary N) is 3. The van der Waals surface area contributed by atoms with Gasteiger partial charge >= 0.3 is 0 Å². The van der Waals surface area contributed by atoms with Crippen LogP contribution < -0.4 is 16.0 Å². The van der Waals surface area contributed by atoms with Crippen molar-refractivity contribution in [2.24, 2.45) is 58.7 Å². The first kappa shape index (κ1) is 42.8. The first-order valence-corrected chi connectivity index (χ1v) is 28.4. The van der Waals surface area contributed by atoms with Crippen LogP contribution in [0, 0.1) is 58.7 Å². The molecule has 12 rings (SSSR count). The van der Waals surface area contributed by atoms with E-state index in [0.717, 1.165) is 40.2 Å². The lowest BCUT2D eigenvalue weighted by atomic mass is 9.55. The summed E-state index contributed by atoms with van der Waals surface area (Å²) >= 11 is 2.37. The summed E-state index contributed by atoms with van der Waals surface area (Å²) in [5.41, 5.74) is 3.97. The van der Waals surface area contributed by atoms with Gasteiger partial charge in [0.1, 0.15) is 0 Å². The van der Waals surface area contributed by atoms with Gasteiger partial charge in [0.25, 0.3) is 0 Å². The number of rotatable bonds is 6. The molecular weight excluding hydrogens is 787 g/mol. The fourth-order valence-electron chi connectivity index (χ4n) is 17.8. The monoisotopic (exact) mass is 872 g/mol. The minimum absolute atomic E-state index is 0.256. The highest BCUT2D eigenvalue weighted by Gasteiger charge is 2.58. The Hall–Kier alpha value is -1.57. The van der Waals surface area contributed by atoms with Crippen molar-refractivity contribution in [1.82, 2.24) is 25.8 Å². The molecule has 4 aliphatic heterocycles. The lowest BCUT2D eigenvalue weighted by molar-refractivity contribution is -0.0876. The summed E-state index contributed by atoms with van der Waals surface area (Å²) in [5.74, 6) is 6.09. The molecule has 0 aromatic rings. The molecule has 3 N–H and O–H groups in total. The summed E-state index contributed by atoms with van der Waals surface area (Å²) in [6.45, 7) is 7.70. The van der Waals surface area contributed by atoms with Crippen LogP contribution >= 0.6 is 11.8 Å². The van der Waals surface area contributed by atoms with Crippen LogP contribution in [0.2, 0.25) is 0 Å². The lowest BCUT2D eigenvalue weighted by Gasteiger charge is -2.63. The highest BCUT2D eigenvalue weighted by molar-refractivity contribution is 8.01. The van der Waals surface area contributed by atoms with E-state index in [0.29, 0.717) is 71.5 Å². The molecule has 344 valence electrons. The number of nitrogens with zero attached hydrogens (tertiary/aromatic N) is 2. The molecule has 8 aliphatic carbocycles. The molecule has 63 heavy (non-hydrogen) atoms. The van der Waals surface area contributed by atoms with Gasteiger partial charge in [0.15, 0.2) is 0 Å². The third-order valence-electron chi connectivity index (χ3n) is 20.6. The Balaban J connectivity index is 0.961. The van der Waals surface area contributed by atoms with Crippen LogP contribution in [0.5, 0.6) is 0 Å². The second-order valence-corrected chi connectivity index (χ2v) is 25.4. The summed E-state index contributed by atoms with van der Waals surface area (Å²) in [4.78, 5) is 6.45. The molecule has 6 heteroatoms. The summed E-state index contributed by atoms with van der Waals surface area (Å²) in [7, 11) is 0. The van der Waals surface area contributed by atoms with Gasteiger partial charge < -0.3 is 4.90 Å². The molecule has 0 aromatic heterocycles. The van der Waals surface area contributed by atoms with Crippen LogP contribution in [0.25, 0.3) is 0 Å². The van der Waals surface area contributed by atoms with Crippen molar-refractivity contribution in [3.8, 4) is 0 Å². The third kappa shape index (κ3) is 7.54. The third-order valence-corrected chi connectivity index (χ3v) is 22.3. The normalized spacial score (nSPS) is 49.3. The van der Waals surface area contributed by atoms with Crippen LogP contribution in [0.15, 0.2) is 72.0 Å². The van der Waals surface area contributed by atoms with E-state index >= 15 is 0 Å². The van der Waals surface area contributed by atoms with Crippen LogP contribution in [0.4, 0.5) is 0 Å². The summed E-state index contributed by atoms with van der Waals surface area (Å²) in [6.07, 6.45) is 57.5. The quantitative estimate of drug-likeness (QED) is 0.231. The minimum atomic E-state index is 0.256. The van der Waals surface area contributed by atoms with Gasteiger partial charge in [-0.2, -0.15) is 11.8 Å². The maximum atomic E-state index is 4.58. The number of thioether (sulfide) groups is 1. The fourth-order valence-corrected chi connectivity index (χ4v) is 19.7. The zero-order valence-corrected chi connectivity index (χ0v) is 40.4. The van der Waals surface area contributed by atoms with Crippen LogP contribution in [0.1, 0.15) is 162 Å². The van der Waals surface area contributed by atoms with Crippen molar-refractivity contribution >= 4 is 11.8 Å². The highest BCUT2D eigenvalue weighted by atomic mass is 32.2. The van der Waals surface area contributed by atoms with Crippen molar-refractivity contribution in [3.63, 3.8) is 0 Å². The molecule has 0 amide bonds. The summed E-state index contributed by atoms with van der Waals surface area (Å²) in [6, 6.07) is 3.06. The largest absolute Gasteiger partial charge is 0.368 e. The molecule has 19 unspecified atom stereocenters. The van der Waals surface area contributed by atoms with E-state index in [2.05, 4.69) is 119 Å². The Labute approximate surface area is 387 Å². The van der Waals surface area contributed by atoms with E-state index in [1.165, 1.54) is 141 Å². The maximum absolute atomic E-state index is 4.58. The second-order valence-electron chi connectivity index (χ2n) is 24.0. The summed E-state index contributed by atoms with van der Waals surface area (Å²) < 4.78 is 0. The molecule has 0 aromatic carbocycles. The number of likely N-dealkylation sites (tertiary alicyclic amines) is 2. The van der Waals surface area contributed by atoms with Crippen molar-refractivity contribution in [1.29, 1.82) is 0 Å². The predicted octanol–water partition coefficient (Wildman–Crippen LogP) is 12.0. The summed E-state index contributed by atoms with van der Waals surface area (Å²) in [5, 5.41) is 15.1. The Morgan fingerprint density at radius 1 is 0.651 bits per heavy atom. The topological polar surface area (TPSA) is 42.6 Å². The fraction of sp³-hybridized carbons (Fsp3) is 0.789. The molecule has 0 spiro atoms. The Morgan fingerprint density at radius 2 is 1.44 bits per heavy atom. The second kappa shape index (κ2) is 17.8. The van der Waals surface area contributed by atoms with Gasteiger partial charge in [-0.25, -0.2) is 0 Å². The molecule has 0 radical (unpaired) electrons. The van der Waals surface area contributed by atoms with E-state index in [9.17, 15) is 0 Å².